The molecule has 0 spiro atoms. The molecule has 0 heterocycles. The fourth-order valence-electron chi connectivity index (χ4n) is 3.56. The van der Waals surface area contributed by atoms with E-state index in [1.807, 2.05) is 18.2 Å². The number of para-hydroxylation sites is 1. The summed E-state index contributed by atoms with van der Waals surface area (Å²) >= 11 is 0. The smallest absolute Gasteiger partial charge is 0.120 e. The summed E-state index contributed by atoms with van der Waals surface area (Å²) in [5, 5.41) is 10.1. The van der Waals surface area contributed by atoms with Gasteiger partial charge in [-0.3, -0.25) is 4.90 Å². The maximum atomic E-state index is 10.1. The van der Waals surface area contributed by atoms with Crippen molar-refractivity contribution in [1.82, 2.24) is 4.90 Å². The van der Waals surface area contributed by atoms with Crippen LogP contribution in [0.5, 0.6) is 5.75 Å². The van der Waals surface area contributed by atoms with E-state index in [0.29, 0.717) is 17.7 Å². The van der Waals surface area contributed by atoms with Gasteiger partial charge in [-0.1, -0.05) is 31.5 Å². The van der Waals surface area contributed by atoms with Crippen LogP contribution in [0.15, 0.2) is 24.3 Å². The van der Waals surface area contributed by atoms with E-state index in [4.69, 9.17) is 5.73 Å². The van der Waals surface area contributed by atoms with Gasteiger partial charge in [0, 0.05) is 17.6 Å². The summed E-state index contributed by atoms with van der Waals surface area (Å²) in [6, 6.07) is 8.52. The highest BCUT2D eigenvalue weighted by Gasteiger charge is 2.33. The summed E-state index contributed by atoms with van der Waals surface area (Å²) in [5.74, 6) is 1.01. The van der Waals surface area contributed by atoms with Crippen molar-refractivity contribution >= 4 is 0 Å². The number of hydrogen-bond acceptors (Lipinski definition) is 3. The van der Waals surface area contributed by atoms with Crippen molar-refractivity contribution in [1.29, 1.82) is 0 Å². The second-order valence-corrected chi connectivity index (χ2v) is 5.64. The molecule has 1 aromatic carbocycles. The summed E-state index contributed by atoms with van der Waals surface area (Å²) in [6.07, 6.45) is 4.74. The van der Waals surface area contributed by atoms with Crippen LogP contribution in [0.25, 0.3) is 0 Å². The minimum Gasteiger partial charge on any atom is -0.508 e. The molecular formula is C16H26N2O. The average Bonchev–Trinajstić information content (AvgIpc) is 2.89. The van der Waals surface area contributed by atoms with E-state index in [0.717, 1.165) is 18.5 Å². The first-order chi connectivity index (χ1) is 9.19. The Kier molecular flexibility index (Phi) is 4.83. The predicted octanol–water partition coefficient (Wildman–Crippen LogP) is 2.90. The van der Waals surface area contributed by atoms with Crippen molar-refractivity contribution < 1.29 is 5.11 Å². The Hall–Kier alpha value is -1.06. The molecule has 1 fully saturated rings. The van der Waals surface area contributed by atoms with E-state index in [2.05, 4.69) is 18.9 Å². The van der Waals surface area contributed by atoms with Crippen LogP contribution >= 0.6 is 0 Å². The van der Waals surface area contributed by atoms with Gasteiger partial charge in [0.25, 0.3) is 0 Å². The van der Waals surface area contributed by atoms with Crippen LogP contribution in [-0.2, 0) is 0 Å². The Morgan fingerprint density at radius 1 is 1.37 bits per heavy atom. The summed E-state index contributed by atoms with van der Waals surface area (Å²) < 4.78 is 0. The minimum absolute atomic E-state index is 0.276. The molecule has 3 nitrogen and oxygen atoms in total. The number of hydrogen-bond donors (Lipinski definition) is 2. The molecule has 3 unspecified atom stereocenters. The maximum absolute atomic E-state index is 10.1. The molecule has 1 aliphatic rings. The van der Waals surface area contributed by atoms with Crippen LogP contribution in [0.3, 0.4) is 0 Å². The fraction of sp³-hybridized carbons (Fsp3) is 0.625. The van der Waals surface area contributed by atoms with Crippen LogP contribution in [0, 0.1) is 5.92 Å². The van der Waals surface area contributed by atoms with E-state index >= 15 is 0 Å². The first-order valence-corrected chi connectivity index (χ1v) is 7.38. The van der Waals surface area contributed by atoms with Gasteiger partial charge in [0.05, 0.1) is 0 Å². The van der Waals surface area contributed by atoms with Gasteiger partial charge in [0.2, 0.25) is 0 Å². The Balaban J connectivity index is 2.20. The summed E-state index contributed by atoms with van der Waals surface area (Å²) in [4.78, 5) is 2.43. The number of rotatable bonds is 5. The average molecular weight is 262 g/mol. The Bertz CT molecular complexity index is 407. The van der Waals surface area contributed by atoms with Crippen LogP contribution in [0.1, 0.15) is 44.2 Å². The van der Waals surface area contributed by atoms with Crippen molar-refractivity contribution in [2.24, 2.45) is 11.7 Å². The molecule has 0 bridgehead atoms. The molecule has 0 aliphatic heterocycles. The zero-order valence-electron chi connectivity index (χ0n) is 12.0. The lowest BCUT2D eigenvalue weighted by Gasteiger charge is -2.36. The highest BCUT2D eigenvalue weighted by atomic mass is 16.3. The number of aromatic hydroxyl groups is 1. The number of phenolic OH excluding ortho intramolecular Hbond substituents is 1. The zero-order chi connectivity index (χ0) is 13.8. The number of nitrogens with zero attached hydrogens (tertiary/aromatic N) is 1. The van der Waals surface area contributed by atoms with Gasteiger partial charge in [0.15, 0.2) is 0 Å². The number of phenols is 1. The van der Waals surface area contributed by atoms with E-state index in [9.17, 15) is 5.11 Å². The van der Waals surface area contributed by atoms with E-state index < -0.39 is 0 Å². The van der Waals surface area contributed by atoms with E-state index in [1.54, 1.807) is 6.07 Å². The third kappa shape index (κ3) is 2.93. The summed E-state index contributed by atoms with van der Waals surface area (Å²) in [5.41, 5.74) is 6.93. The van der Waals surface area contributed by atoms with Gasteiger partial charge in [0.1, 0.15) is 5.75 Å². The quantitative estimate of drug-likeness (QED) is 0.858. The fourth-order valence-corrected chi connectivity index (χ4v) is 3.56. The van der Waals surface area contributed by atoms with Gasteiger partial charge < -0.3 is 10.8 Å². The molecule has 2 rings (SSSR count). The normalized spacial score (nSPS) is 24.8. The molecule has 3 atom stereocenters. The van der Waals surface area contributed by atoms with Gasteiger partial charge in [-0.25, -0.2) is 0 Å². The minimum atomic E-state index is 0.276. The molecule has 3 heteroatoms. The van der Waals surface area contributed by atoms with Gasteiger partial charge >= 0.3 is 0 Å². The Labute approximate surface area is 116 Å². The molecule has 106 valence electrons. The maximum Gasteiger partial charge on any atom is 0.120 e. The molecule has 0 amide bonds. The molecule has 1 saturated carbocycles. The zero-order valence-corrected chi connectivity index (χ0v) is 12.0. The van der Waals surface area contributed by atoms with Crippen molar-refractivity contribution in [3.8, 4) is 5.75 Å². The highest BCUT2D eigenvalue weighted by molar-refractivity contribution is 5.34. The highest BCUT2D eigenvalue weighted by Crippen LogP contribution is 2.37. The van der Waals surface area contributed by atoms with Gasteiger partial charge in [-0.15, -0.1) is 0 Å². The van der Waals surface area contributed by atoms with Crippen molar-refractivity contribution in [3.63, 3.8) is 0 Å². The second-order valence-electron chi connectivity index (χ2n) is 5.64. The molecule has 1 aliphatic carbocycles. The Morgan fingerprint density at radius 3 is 2.74 bits per heavy atom. The third-order valence-electron chi connectivity index (χ3n) is 4.62. The van der Waals surface area contributed by atoms with Crippen LogP contribution in [-0.4, -0.2) is 29.6 Å². The lowest BCUT2D eigenvalue weighted by Crippen LogP contribution is -2.39. The monoisotopic (exact) mass is 262 g/mol. The molecule has 19 heavy (non-hydrogen) atoms. The second kappa shape index (κ2) is 6.40. The van der Waals surface area contributed by atoms with Crippen LogP contribution in [0.2, 0.25) is 0 Å². The number of benzene rings is 1. The standard InChI is InChI=1S/C16H26N2O/c1-3-14(13-8-4-5-10-16(13)19)18(2)15-9-6-7-12(15)11-17/h4-5,8,10,12,14-15,19H,3,6-7,9,11,17H2,1-2H3. The third-order valence-corrected chi connectivity index (χ3v) is 4.62. The van der Waals surface area contributed by atoms with Crippen molar-refractivity contribution in [3.05, 3.63) is 29.8 Å². The number of nitrogens with two attached hydrogens (primary N) is 1. The van der Waals surface area contributed by atoms with Crippen LogP contribution < -0.4 is 5.73 Å². The SMILES string of the molecule is CCC(c1ccccc1O)N(C)C1CCCC1CN. The lowest BCUT2D eigenvalue weighted by molar-refractivity contribution is 0.136. The molecule has 0 saturated heterocycles. The van der Waals surface area contributed by atoms with Gasteiger partial charge in [-0.05, 0) is 44.8 Å². The molecule has 1 aromatic rings. The van der Waals surface area contributed by atoms with Gasteiger partial charge in [-0.2, -0.15) is 0 Å². The predicted molar refractivity (Wildman–Crippen MR) is 79.1 cm³/mol. The van der Waals surface area contributed by atoms with E-state index in [1.165, 1.54) is 19.3 Å². The van der Waals surface area contributed by atoms with Crippen molar-refractivity contribution in [2.45, 2.75) is 44.7 Å². The molecule has 3 N–H and O–H groups in total. The Morgan fingerprint density at radius 2 is 2.11 bits per heavy atom. The first-order valence-electron chi connectivity index (χ1n) is 7.38. The topological polar surface area (TPSA) is 49.5 Å². The van der Waals surface area contributed by atoms with E-state index in [-0.39, 0.29) is 6.04 Å². The lowest BCUT2D eigenvalue weighted by atomic mass is 9.96. The molecular weight excluding hydrogens is 236 g/mol. The largest absolute Gasteiger partial charge is 0.508 e. The molecule has 0 aromatic heterocycles. The van der Waals surface area contributed by atoms with Crippen molar-refractivity contribution in [2.75, 3.05) is 13.6 Å². The first kappa shape index (κ1) is 14.4. The summed E-state index contributed by atoms with van der Waals surface area (Å²) in [6.45, 7) is 2.95. The van der Waals surface area contributed by atoms with Crippen LogP contribution in [0.4, 0.5) is 0 Å². The summed E-state index contributed by atoms with van der Waals surface area (Å²) in [7, 11) is 2.18. The molecule has 0 radical (unpaired) electrons.